The molecule has 0 atom stereocenters. The first-order valence-electron chi connectivity index (χ1n) is 6.46. The largest absolute Gasteiger partial charge is 0.325 e. The van der Waals surface area contributed by atoms with Gasteiger partial charge in [0, 0.05) is 18.0 Å². The summed E-state index contributed by atoms with van der Waals surface area (Å²) in [5.41, 5.74) is 0.565. The number of benzene rings is 1. The summed E-state index contributed by atoms with van der Waals surface area (Å²) in [7, 11) is 2.02. The number of halogens is 2. The molecule has 0 fully saturated rings. The van der Waals surface area contributed by atoms with E-state index in [-0.39, 0.29) is 5.91 Å². The molecule has 0 radical (unpaired) electrons. The highest BCUT2D eigenvalue weighted by Crippen LogP contribution is 2.25. The van der Waals surface area contributed by atoms with Crippen molar-refractivity contribution in [3.8, 4) is 0 Å². The highest BCUT2D eigenvalue weighted by molar-refractivity contribution is 6.35. The lowest BCUT2D eigenvalue weighted by molar-refractivity contribution is -0.116. The molecule has 0 heterocycles. The van der Waals surface area contributed by atoms with Crippen LogP contribution in [0.2, 0.25) is 10.0 Å². The molecule has 0 spiro atoms. The van der Waals surface area contributed by atoms with Gasteiger partial charge < -0.3 is 10.2 Å². The third-order valence-electron chi connectivity index (χ3n) is 2.82. The number of hydrogen-bond donors (Lipinski definition) is 1. The molecule has 0 aliphatic heterocycles. The Morgan fingerprint density at radius 1 is 1.32 bits per heavy atom. The van der Waals surface area contributed by atoms with Crippen molar-refractivity contribution in [2.45, 2.75) is 26.2 Å². The minimum atomic E-state index is -0.0486. The molecule has 0 saturated carbocycles. The Balaban J connectivity index is 2.40. The number of rotatable bonds is 7. The second-order valence-electron chi connectivity index (χ2n) is 4.58. The van der Waals surface area contributed by atoms with Gasteiger partial charge >= 0.3 is 0 Å². The Bertz CT molecular complexity index is 424. The Hall–Kier alpha value is -0.770. The highest BCUT2D eigenvalue weighted by Gasteiger charge is 2.08. The van der Waals surface area contributed by atoms with E-state index in [0.717, 1.165) is 25.9 Å². The van der Waals surface area contributed by atoms with Crippen molar-refractivity contribution in [2.24, 2.45) is 0 Å². The predicted octanol–water partition coefficient (Wildman–Crippen LogP) is 4.05. The quantitative estimate of drug-likeness (QED) is 0.824. The predicted molar refractivity (Wildman–Crippen MR) is 82.1 cm³/mol. The van der Waals surface area contributed by atoms with Gasteiger partial charge in [0.25, 0.3) is 0 Å². The normalized spacial score (nSPS) is 10.8. The SMILES string of the molecule is CCCCN(C)CCC(=O)Nc1cc(Cl)ccc1Cl. The van der Waals surface area contributed by atoms with Crippen molar-refractivity contribution in [1.82, 2.24) is 4.90 Å². The lowest BCUT2D eigenvalue weighted by Gasteiger charge is -2.15. The summed E-state index contributed by atoms with van der Waals surface area (Å²) in [5.74, 6) is -0.0486. The Kier molecular flexibility index (Phi) is 7.21. The van der Waals surface area contributed by atoms with E-state index in [0.29, 0.717) is 22.2 Å². The first-order valence-corrected chi connectivity index (χ1v) is 7.22. The van der Waals surface area contributed by atoms with Crippen LogP contribution in [-0.2, 0) is 4.79 Å². The number of nitrogens with one attached hydrogen (secondary N) is 1. The fourth-order valence-corrected chi connectivity index (χ4v) is 1.98. The van der Waals surface area contributed by atoms with Crippen molar-refractivity contribution >= 4 is 34.8 Å². The first-order chi connectivity index (χ1) is 9.02. The number of carbonyl (C=O) groups excluding carboxylic acids is 1. The summed E-state index contributed by atoms with van der Waals surface area (Å²) < 4.78 is 0. The summed E-state index contributed by atoms with van der Waals surface area (Å²) >= 11 is 11.9. The van der Waals surface area contributed by atoms with Crippen LogP contribution in [0.25, 0.3) is 0 Å². The van der Waals surface area contributed by atoms with Crippen LogP contribution in [0.3, 0.4) is 0 Å². The molecule has 1 amide bonds. The average Bonchev–Trinajstić information content (AvgIpc) is 2.38. The molecule has 0 bridgehead atoms. The van der Waals surface area contributed by atoms with E-state index >= 15 is 0 Å². The van der Waals surface area contributed by atoms with Gasteiger partial charge in [0.2, 0.25) is 5.91 Å². The number of unbranched alkanes of at least 4 members (excludes halogenated alkanes) is 1. The fourth-order valence-electron chi connectivity index (χ4n) is 1.64. The van der Waals surface area contributed by atoms with Crippen LogP contribution >= 0.6 is 23.2 Å². The van der Waals surface area contributed by atoms with Gasteiger partial charge in [-0.3, -0.25) is 4.79 Å². The molecule has 0 aliphatic rings. The molecular formula is C14H20Cl2N2O. The molecule has 1 N–H and O–H groups in total. The topological polar surface area (TPSA) is 32.3 Å². The van der Waals surface area contributed by atoms with Crippen molar-refractivity contribution in [3.63, 3.8) is 0 Å². The molecule has 106 valence electrons. The van der Waals surface area contributed by atoms with Crippen molar-refractivity contribution in [3.05, 3.63) is 28.2 Å². The minimum Gasteiger partial charge on any atom is -0.325 e. The van der Waals surface area contributed by atoms with Gasteiger partial charge in [-0.25, -0.2) is 0 Å². The summed E-state index contributed by atoms with van der Waals surface area (Å²) in [6, 6.07) is 5.02. The number of hydrogen-bond acceptors (Lipinski definition) is 2. The fraction of sp³-hybridized carbons (Fsp3) is 0.500. The third-order valence-corrected chi connectivity index (χ3v) is 3.38. The Morgan fingerprint density at radius 3 is 2.74 bits per heavy atom. The zero-order valence-electron chi connectivity index (χ0n) is 11.4. The molecule has 19 heavy (non-hydrogen) atoms. The Morgan fingerprint density at radius 2 is 2.05 bits per heavy atom. The number of carbonyl (C=O) groups is 1. The van der Waals surface area contributed by atoms with E-state index in [4.69, 9.17) is 23.2 Å². The van der Waals surface area contributed by atoms with E-state index < -0.39 is 0 Å². The lowest BCUT2D eigenvalue weighted by Crippen LogP contribution is -2.25. The van der Waals surface area contributed by atoms with Gasteiger partial charge in [0.1, 0.15) is 0 Å². The molecule has 0 unspecified atom stereocenters. The van der Waals surface area contributed by atoms with Gasteiger partial charge in [-0.2, -0.15) is 0 Å². The van der Waals surface area contributed by atoms with Crippen LogP contribution in [-0.4, -0.2) is 30.9 Å². The molecule has 0 aliphatic carbocycles. The van der Waals surface area contributed by atoms with E-state index in [1.54, 1.807) is 18.2 Å². The summed E-state index contributed by atoms with van der Waals surface area (Å²) in [4.78, 5) is 14.0. The van der Waals surface area contributed by atoms with Crippen molar-refractivity contribution < 1.29 is 4.79 Å². The van der Waals surface area contributed by atoms with E-state index in [1.807, 2.05) is 7.05 Å². The van der Waals surface area contributed by atoms with Gasteiger partial charge in [-0.05, 0) is 38.2 Å². The third kappa shape index (κ3) is 6.28. The van der Waals surface area contributed by atoms with Gasteiger partial charge in [0.15, 0.2) is 0 Å². The van der Waals surface area contributed by atoms with Crippen LogP contribution in [0.1, 0.15) is 26.2 Å². The molecule has 0 aromatic heterocycles. The number of anilines is 1. The van der Waals surface area contributed by atoms with Crippen LogP contribution in [0.5, 0.6) is 0 Å². The van der Waals surface area contributed by atoms with E-state index in [1.165, 1.54) is 0 Å². The van der Waals surface area contributed by atoms with Crippen LogP contribution in [0, 0.1) is 0 Å². The molecule has 0 saturated heterocycles. The zero-order chi connectivity index (χ0) is 14.3. The summed E-state index contributed by atoms with van der Waals surface area (Å²) in [5, 5.41) is 3.83. The van der Waals surface area contributed by atoms with Gasteiger partial charge in [-0.15, -0.1) is 0 Å². The van der Waals surface area contributed by atoms with Gasteiger partial charge in [0.05, 0.1) is 10.7 Å². The maximum Gasteiger partial charge on any atom is 0.225 e. The molecule has 1 aromatic carbocycles. The highest BCUT2D eigenvalue weighted by atomic mass is 35.5. The lowest BCUT2D eigenvalue weighted by atomic mass is 10.3. The maximum atomic E-state index is 11.8. The van der Waals surface area contributed by atoms with E-state index in [2.05, 4.69) is 17.1 Å². The van der Waals surface area contributed by atoms with Crippen LogP contribution in [0.15, 0.2) is 18.2 Å². The van der Waals surface area contributed by atoms with Gasteiger partial charge in [-0.1, -0.05) is 36.5 Å². The van der Waals surface area contributed by atoms with E-state index in [9.17, 15) is 4.79 Å². The second kappa shape index (κ2) is 8.41. The molecule has 5 heteroatoms. The molecule has 3 nitrogen and oxygen atoms in total. The monoisotopic (exact) mass is 302 g/mol. The molecule has 1 rings (SSSR count). The molecular weight excluding hydrogens is 283 g/mol. The van der Waals surface area contributed by atoms with Crippen molar-refractivity contribution in [2.75, 3.05) is 25.5 Å². The minimum absolute atomic E-state index is 0.0486. The first kappa shape index (κ1) is 16.3. The number of nitrogens with zero attached hydrogens (tertiary/aromatic N) is 1. The Labute approximate surface area is 124 Å². The standard InChI is InChI=1S/C14H20Cl2N2O/c1-3-4-8-18(2)9-7-14(19)17-13-10-11(15)5-6-12(13)16/h5-6,10H,3-4,7-9H2,1-2H3,(H,17,19). The number of amides is 1. The molecule has 1 aromatic rings. The van der Waals surface area contributed by atoms with Crippen LogP contribution in [0.4, 0.5) is 5.69 Å². The summed E-state index contributed by atoms with van der Waals surface area (Å²) in [6.45, 7) is 3.91. The average molecular weight is 303 g/mol. The summed E-state index contributed by atoms with van der Waals surface area (Å²) in [6.07, 6.45) is 2.76. The van der Waals surface area contributed by atoms with Crippen molar-refractivity contribution in [1.29, 1.82) is 0 Å². The smallest absolute Gasteiger partial charge is 0.225 e. The maximum absolute atomic E-state index is 11.8. The second-order valence-corrected chi connectivity index (χ2v) is 5.42. The zero-order valence-corrected chi connectivity index (χ0v) is 12.9. The van der Waals surface area contributed by atoms with Crippen LogP contribution < -0.4 is 5.32 Å².